The smallest absolute Gasteiger partial charge is 0.158 e. The molecule has 5 nitrogen and oxygen atoms in total. The van der Waals surface area contributed by atoms with Crippen molar-refractivity contribution in [1.29, 1.82) is 0 Å². The van der Waals surface area contributed by atoms with E-state index < -0.39 is 0 Å². The predicted molar refractivity (Wildman–Crippen MR) is 96.1 cm³/mol. The van der Waals surface area contributed by atoms with Crippen LogP contribution in [-0.2, 0) is 12.8 Å². The fourth-order valence-electron chi connectivity index (χ4n) is 2.93. The SMILES string of the molecule is Nc1ccc(C=NNc2ncnc3sc4c(c23)CCCC4)cc1. The Morgan fingerprint density at radius 2 is 1.96 bits per heavy atom. The summed E-state index contributed by atoms with van der Waals surface area (Å²) >= 11 is 1.79. The zero-order chi connectivity index (χ0) is 15.6. The normalized spacial score (nSPS) is 14.3. The Labute approximate surface area is 138 Å². The molecule has 0 radical (unpaired) electrons. The van der Waals surface area contributed by atoms with E-state index in [1.54, 1.807) is 23.9 Å². The Morgan fingerprint density at radius 3 is 2.83 bits per heavy atom. The first-order chi connectivity index (χ1) is 11.3. The molecule has 2 heterocycles. The lowest BCUT2D eigenvalue weighted by Crippen LogP contribution is -2.00. The maximum absolute atomic E-state index is 5.69. The van der Waals surface area contributed by atoms with Crippen LogP contribution in [-0.4, -0.2) is 16.2 Å². The number of nitrogens with two attached hydrogens (primary N) is 1. The topological polar surface area (TPSA) is 76.2 Å². The molecule has 1 aromatic carbocycles. The minimum atomic E-state index is 0.748. The highest BCUT2D eigenvalue weighted by molar-refractivity contribution is 7.19. The van der Waals surface area contributed by atoms with E-state index in [1.165, 1.54) is 23.3 Å². The van der Waals surface area contributed by atoms with Crippen LogP contribution >= 0.6 is 11.3 Å². The minimum Gasteiger partial charge on any atom is -0.399 e. The number of hydrogen-bond donors (Lipinski definition) is 2. The highest BCUT2D eigenvalue weighted by Gasteiger charge is 2.19. The van der Waals surface area contributed by atoms with E-state index >= 15 is 0 Å². The summed E-state index contributed by atoms with van der Waals surface area (Å²) in [5.41, 5.74) is 11.9. The zero-order valence-corrected chi connectivity index (χ0v) is 13.4. The second-order valence-electron chi connectivity index (χ2n) is 5.65. The molecule has 1 aliphatic carbocycles. The fourth-order valence-corrected chi connectivity index (χ4v) is 4.15. The number of thiophene rings is 1. The Morgan fingerprint density at radius 1 is 1.13 bits per heavy atom. The second-order valence-corrected chi connectivity index (χ2v) is 6.73. The maximum atomic E-state index is 5.69. The van der Waals surface area contributed by atoms with Gasteiger partial charge in [-0.25, -0.2) is 9.97 Å². The quantitative estimate of drug-likeness (QED) is 0.439. The van der Waals surface area contributed by atoms with Gasteiger partial charge >= 0.3 is 0 Å². The fraction of sp³-hybridized carbons (Fsp3) is 0.235. The molecule has 116 valence electrons. The van der Waals surface area contributed by atoms with Gasteiger partial charge in [0.1, 0.15) is 11.2 Å². The highest BCUT2D eigenvalue weighted by atomic mass is 32.1. The van der Waals surface area contributed by atoms with Crippen molar-refractivity contribution >= 4 is 39.3 Å². The molecule has 0 spiro atoms. The first-order valence-corrected chi connectivity index (χ1v) is 8.53. The number of fused-ring (bicyclic) bond motifs is 3. The molecular formula is C17H17N5S. The van der Waals surface area contributed by atoms with Crippen molar-refractivity contribution in [2.24, 2.45) is 5.10 Å². The van der Waals surface area contributed by atoms with Gasteiger partial charge < -0.3 is 5.73 Å². The summed E-state index contributed by atoms with van der Waals surface area (Å²) in [6.45, 7) is 0. The number of rotatable bonds is 3. The number of aromatic nitrogens is 2. The third kappa shape index (κ3) is 2.77. The number of aryl methyl sites for hydroxylation is 2. The standard InChI is InChI=1S/C17H17N5S/c18-12-7-5-11(6-8-12)9-21-22-16-15-13-3-1-2-4-14(13)23-17(15)20-10-19-16/h5-10H,1-4,18H2,(H,19,20,22). The first kappa shape index (κ1) is 14.1. The third-order valence-electron chi connectivity index (χ3n) is 4.07. The third-order valence-corrected chi connectivity index (χ3v) is 5.27. The molecule has 0 saturated carbocycles. The largest absolute Gasteiger partial charge is 0.399 e. The molecule has 4 rings (SSSR count). The summed E-state index contributed by atoms with van der Waals surface area (Å²) in [5.74, 6) is 0.793. The number of nitrogen functional groups attached to an aromatic ring is 1. The molecule has 0 fully saturated rings. The van der Waals surface area contributed by atoms with Gasteiger partial charge in [0.2, 0.25) is 0 Å². The van der Waals surface area contributed by atoms with Crippen molar-refractivity contribution in [3.63, 3.8) is 0 Å². The van der Waals surface area contributed by atoms with Gasteiger partial charge in [0, 0.05) is 10.6 Å². The van der Waals surface area contributed by atoms with Crippen molar-refractivity contribution in [3.05, 3.63) is 46.6 Å². The lowest BCUT2D eigenvalue weighted by atomic mass is 9.97. The molecule has 3 N–H and O–H groups in total. The van der Waals surface area contributed by atoms with Crippen LogP contribution < -0.4 is 11.2 Å². The van der Waals surface area contributed by atoms with Gasteiger partial charge in [-0.2, -0.15) is 5.10 Å². The average molecular weight is 323 g/mol. The van der Waals surface area contributed by atoms with Gasteiger partial charge in [0.05, 0.1) is 11.6 Å². The molecule has 0 atom stereocenters. The van der Waals surface area contributed by atoms with Crippen LogP contribution in [0.25, 0.3) is 10.2 Å². The molecule has 0 unspecified atom stereocenters. The summed E-state index contributed by atoms with van der Waals surface area (Å²) in [6, 6.07) is 7.59. The average Bonchev–Trinajstić information content (AvgIpc) is 2.96. The number of nitrogens with one attached hydrogen (secondary N) is 1. The van der Waals surface area contributed by atoms with E-state index in [1.807, 2.05) is 24.3 Å². The number of nitrogens with zero attached hydrogens (tertiary/aromatic N) is 3. The Hall–Kier alpha value is -2.47. The molecule has 0 saturated heterocycles. The zero-order valence-electron chi connectivity index (χ0n) is 12.6. The van der Waals surface area contributed by atoms with Crippen LogP contribution in [0.3, 0.4) is 0 Å². The van der Waals surface area contributed by atoms with Crippen LogP contribution in [0.15, 0.2) is 35.7 Å². The lowest BCUT2D eigenvalue weighted by molar-refractivity contribution is 0.700. The van der Waals surface area contributed by atoms with E-state index in [9.17, 15) is 0 Å². The van der Waals surface area contributed by atoms with Gasteiger partial charge in [-0.3, -0.25) is 5.43 Å². The van der Waals surface area contributed by atoms with E-state index in [-0.39, 0.29) is 0 Å². The number of anilines is 2. The van der Waals surface area contributed by atoms with Crippen LogP contribution in [0.1, 0.15) is 28.8 Å². The first-order valence-electron chi connectivity index (χ1n) is 7.71. The predicted octanol–water partition coefficient (Wildman–Crippen LogP) is 3.60. The van der Waals surface area contributed by atoms with Crippen LogP contribution in [0.4, 0.5) is 11.5 Å². The lowest BCUT2D eigenvalue weighted by Gasteiger charge is -2.11. The van der Waals surface area contributed by atoms with E-state index in [4.69, 9.17) is 5.73 Å². The summed E-state index contributed by atoms with van der Waals surface area (Å²) in [5, 5.41) is 5.46. The highest BCUT2D eigenvalue weighted by Crippen LogP contribution is 2.38. The minimum absolute atomic E-state index is 0.748. The van der Waals surface area contributed by atoms with Crippen LogP contribution in [0.2, 0.25) is 0 Å². The Kier molecular flexibility index (Phi) is 3.67. The number of hydrogen-bond acceptors (Lipinski definition) is 6. The Bertz CT molecular complexity index is 867. The van der Waals surface area contributed by atoms with Gasteiger partial charge in [-0.1, -0.05) is 12.1 Å². The van der Waals surface area contributed by atoms with Crippen LogP contribution in [0.5, 0.6) is 0 Å². The monoisotopic (exact) mass is 323 g/mol. The molecule has 0 bridgehead atoms. The molecule has 6 heteroatoms. The van der Waals surface area contributed by atoms with Crippen molar-refractivity contribution in [1.82, 2.24) is 9.97 Å². The van der Waals surface area contributed by atoms with E-state index in [0.29, 0.717) is 0 Å². The Balaban J connectivity index is 1.63. The van der Waals surface area contributed by atoms with Crippen molar-refractivity contribution < 1.29 is 0 Å². The molecule has 2 aromatic heterocycles. The van der Waals surface area contributed by atoms with Gasteiger partial charge in [0.25, 0.3) is 0 Å². The summed E-state index contributed by atoms with van der Waals surface area (Å²) in [7, 11) is 0. The van der Waals surface area contributed by atoms with Gasteiger partial charge in [0.15, 0.2) is 5.82 Å². The molecule has 3 aromatic rings. The van der Waals surface area contributed by atoms with Crippen molar-refractivity contribution in [2.75, 3.05) is 11.2 Å². The summed E-state index contributed by atoms with van der Waals surface area (Å²) < 4.78 is 0. The maximum Gasteiger partial charge on any atom is 0.158 e. The molecule has 1 aliphatic rings. The van der Waals surface area contributed by atoms with Crippen molar-refractivity contribution in [3.8, 4) is 0 Å². The second kappa shape index (κ2) is 5.96. The summed E-state index contributed by atoms with van der Waals surface area (Å²) in [6.07, 6.45) is 8.15. The molecular weight excluding hydrogens is 306 g/mol. The van der Waals surface area contributed by atoms with E-state index in [0.717, 1.165) is 40.1 Å². The number of benzene rings is 1. The van der Waals surface area contributed by atoms with E-state index in [2.05, 4.69) is 20.5 Å². The van der Waals surface area contributed by atoms with Gasteiger partial charge in [-0.15, -0.1) is 11.3 Å². The summed E-state index contributed by atoms with van der Waals surface area (Å²) in [4.78, 5) is 11.3. The van der Waals surface area contributed by atoms with Crippen molar-refractivity contribution in [2.45, 2.75) is 25.7 Å². The molecule has 0 aliphatic heterocycles. The number of hydrazone groups is 1. The van der Waals surface area contributed by atoms with Gasteiger partial charge in [-0.05, 0) is 48.9 Å². The van der Waals surface area contributed by atoms with Crippen LogP contribution in [0, 0.1) is 0 Å². The molecule has 0 amide bonds. The molecule has 23 heavy (non-hydrogen) atoms.